The summed E-state index contributed by atoms with van der Waals surface area (Å²) in [6.07, 6.45) is 4.00. The lowest BCUT2D eigenvalue weighted by Crippen LogP contribution is -2.60. The quantitative estimate of drug-likeness (QED) is 0.717. The van der Waals surface area contributed by atoms with Crippen molar-refractivity contribution in [1.29, 1.82) is 0 Å². The van der Waals surface area contributed by atoms with Crippen LogP contribution in [0.4, 0.5) is 0 Å². The molecule has 1 aromatic heterocycles. The Bertz CT molecular complexity index is 999. The van der Waals surface area contributed by atoms with Gasteiger partial charge < -0.3 is 15.8 Å². The molecule has 2 aromatic carbocycles. The second-order valence-corrected chi connectivity index (χ2v) is 7.84. The highest BCUT2D eigenvalue weighted by atomic mass is 16.5. The third-order valence-corrected chi connectivity index (χ3v) is 5.82. The molecular formula is C22H22N4O2. The first-order valence-electron chi connectivity index (χ1n) is 9.55. The molecule has 1 saturated heterocycles. The summed E-state index contributed by atoms with van der Waals surface area (Å²) in [6.45, 7) is 2.17. The molecule has 0 radical (unpaired) electrons. The molecule has 28 heavy (non-hydrogen) atoms. The Morgan fingerprint density at radius 1 is 1.07 bits per heavy atom. The summed E-state index contributed by atoms with van der Waals surface area (Å²) in [5.74, 6) is 1.06. The van der Waals surface area contributed by atoms with E-state index in [1.165, 1.54) is 0 Å². The van der Waals surface area contributed by atoms with Crippen molar-refractivity contribution in [2.24, 2.45) is 11.1 Å². The number of primary amides is 1. The predicted octanol–water partition coefficient (Wildman–Crippen LogP) is 3.37. The van der Waals surface area contributed by atoms with Gasteiger partial charge in [0.1, 0.15) is 17.2 Å². The molecule has 6 heteroatoms. The summed E-state index contributed by atoms with van der Waals surface area (Å²) < 4.78 is 7.76. The lowest BCUT2D eigenvalue weighted by atomic mass is 9.62. The Balaban J connectivity index is 1.38. The van der Waals surface area contributed by atoms with Gasteiger partial charge in [-0.25, -0.2) is 0 Å². The summed E-state index contributed by atoms with van der Waals surface area (Å²) in [6, 6.07) is 17.5. The van der Waals surface area contributed by atoms with Crippen molar-refractivity contribution in [2.75, 3.05) is 13.1 Å². The third-order valence-electron chi connectivity index (χ3n) is 5.82. The molecule has 1 aliphatic carbocycles. The van der Waals surface area contributed by atoms with Gasteiger partial charge in [0.15, 0.2) is 0 Å². The van der Waals surface area contributed by atoms with Gasteiger partial charge in [0.2, 0.25) is 0 Å². The number of rotatable bonds is 5. The van der Waals surface area contributed by atoms with Crippen molar-refractivity contribution in [1.82, 2.24) is 15.1 Å². The summed E-state index contributed by atoms with van der Waals surface area (Å²) in [5.41, 5.74) is 8.01. The summed E-state index contributed by atoms with van der Waals surface area (Å²) >= 11 is 0. The van der Waals surface area contributed by atoms with Gasteiger partial charge in [0.05, 0.1) is 11.6 Å². The van der Waals surface area contributed by atoms with Gasteiger partial charge in [-0.1, -0.05) is 18.2 Å². The van der Waals surface area contributed by atoms with Crippen molar-refractivity contribution in [3.63, 3.8) is 0 Å². The number of benzene rings is 2. The smallest absolute Gasteiger partial charge is 0.252 e. The van der Waals surface area contributed by atoms with Crippen LogP contribution in [0.5, 0.6) is 11.5 Å². The van der Waals surface area contributed by atoms with E-state index in [-0.39, 0.29) is 0 Å². The number of ether oxygens (including phenoxy) is 1. The monoisotopic (exact) mass is 374 g/mol. The molecular weight excluding hydrogens is 352 g/mol. The zero-order valence-corrected chi connectivity index (χ0v) is 15.5. The molecule has 5 rings (SSSR count). The van der Waals surface area contributed by atoms with Crippen LogP contribution in [0.25, 0.3) is 11.3 Å². The Kier molecular flexibility index (Phi) is 3.94. The Hall–Kier alpha value is -3.12. The first kappa shape index (κ1) is 17.0. The van der Waals surface area contributed by atoms with Crippen molar-refractivity contribution in [2.45, 2.75) is 18.9 Å². The molecule has 3 N–H and O–H groups in total. The molecule has 2 heterocycles. The minimum atomic E-state index is -0.454. The van der Waals surface area contributed by atoms with Gasteiger partial charge in [-0.05, 0) is 54.7 Å². The minimum absolute atomic E-state index is 0.342. The van der Waals surface area contributed by atoms with E-state index < -0.39 is 5.91 Å². The second kappa shape index (κ2) is 6.49. The van der Waals surface area contributed by atoms with Crippen LogP contribution in [0.3, 0.4) is 0 Å². The molecule has 2 fully saturated rings. The normalized spacial score (nSPS) is 17.7. The molecule has 1 aliphatic heterocycles. The van der Waals surface area contributed by atoms with E-state index in [0.29, 0.717) is 22.7 Å². The molecule has 1 amide bonds. The molecule has 142 valence electrons. The van der Waals surface area contributed by atoms with E-state index in [9.17, 15) is 4.79 Å². The van der Waals surface area contributed by atoms with E-state index in [4.69, 9.17) is 15.6 Å². The summed E-state index contributed by atoms with van der Waals surface area (Å²) in [7, 11) is 0. The van der Waals surface area contributed by atoms with Gasteiger partial charge in [0, 0.05) is 24.8 Å². The lowest BCUT2D eigenvalue weighted by Gasteiger charge is -2.54. The fraction of sp³-hybridized carbons (Fsp3) is 0.273. The molecule has 6 nitrogen and oxygen atoms in total. The van der Waals surface area contributed by atoms with E-state index in [2.05, 4.69) is 5.32 Å². The maximum Gasteiger partial charge on any atom is 0.252 e. The summed E-state index contributed by atoms with van der Waals surface area (Å²) in [5, 5.41) is 8.06. The first-order valence-corrected chi connectivity index (χ1v) is 9.55. The molecule has 1 spiro atoms. The van der Waals surface area contributed by atoms with Crippen LogP contribution in [-0.4, -0.2) is 28.8 Å². The zero-order chi connectivity index (χ0) is 19.1. The third kappa shape index (κ3) is 2.96. The van der Waals surface area contributed by atoms with E-state index >= 15 is 0 Å². The van der Waals surface area contributed by atoms with Gasteiger partial charge in [-0.2, -0.15) is 5.10 Å². The molecule has 3 aromatic rings. The Morgan fingerprint density at radius 2 is 1.75 bits per heavy atom. The number of para-hydroxylation sites is 1. The van der Waals surface area contributed by atoms with Crippen molar-refractivity contribution in [3.8, 4) is 22.8 Å². The van der Waals surface area contributed by atoms with Gasteiger partial charge in [0.25, 0.3) is 5.91 Å². The molecule has 0 atom stereocenters. The predicted molar refractivity (Wildman–Crippen MR) is 106 cm³/mol. The molecule has 0 bridgehead atoms. The van der Waals surface area contributed by atoms with E-state index in [1.54, 1.807) is 6.20 Å². The average Bonchev–Trinajstić information content (AvgIpc) is 3.06. The number of nitrogens with one attached hydrogen (secondary N) is 1. The summed E-state index contributed by atoms with van der Waals surface area (Å²) in [4.78, 5) is 12.0. The number of aromatic nitrogens is 2. The molecule has 0 unspecified atom stereocenters. The van der Waals surface area contributed by atoms with Crippen molar-refractivity contribution in [3.05, 3.63) is 66.4 Å². The van der Waals surface area contributed by atoms with Crippen molar-refractivity contribution < 1.29 is 9.53 Å². The van der Waals surface area contributed by atoms with Crippen LogP contribution >= 0.6 is 0 Å². The van der Waals surface area contributed by atoms with Gasteiger partial charge in [-0.15, -0.1) is 0 Å². The number of nitrogens with two attached hydrogens (primary N) is 1. The number of nitrogens with zero attached hydrogens (tertiary/aromatic N) is 2. The highest BCUT2D eigenvalue weighted by Gasteiger charge is 2.49. The van der Waals surface area contributed by atoms with Crippen LogP contribution in [-0.2, 0) is 0 Å². The van der Waals surface area contributed by atoms with Crippen LogP contribution in [0.1, 0.15) is 29.2 Å². The second-order valence-electron chi connectivity index (χ2n) is 7.84. The van der Waals surface area contributed by atoms with Crippen LogP contribution < -0.4 is 15.8 Å². The van der Waals surface area contributed by atoms with Crippen LogP contribution in [0, 0.1) is 5.41 Å². The fourth-order valence-corrected chi connectivity index (χ4v) is 4.17. The minimum Gasteiger partial charge on any atom is -0.457 e. The lowest BCUT2D eigenvalue weighted by molar-refractivity contribution is 0.00243. The standard InChI is InChI=1S/C22H22N4O2/c23-21(27)19-12-26(16-10-22(11-16)13-24-14-22)25-20(19)15-6-8-18(9-7-15)28-17-4-2-1-3-5-17/h1-9,12,16,24H,10-11,13-14H2,(H2,23,27). The topological polar surface area (TPSA) is 82.2 Å². The van der Waals surface area contributed by atoms with E-state index in [1.807, 2.05) is 59.3 Å². The number of hydrogen-bond donors (Lipinski definition) is 2. The van der Waals surface area contributed by atoms with Gasteiger partial charge in [-0.3, -0.25) is 9.48 Å². The number of amides is 1. The van der Waals surface area contributed by atoms with Gasteiger partial charge >= 0.3 is 0 Å². The van der Waals surface area contributed by atoms with Crippen LogP contribution in [0.15, 0.2) is 60.8 Å². The average molecular weight is 374 g/mol. The SMILES string of the molecule is NC(=O)c1cn(C2CC3(CNC3)C2)nc1-c1ccc(Oc2ccccc2)cc1. The molecule has 2 aliphatic rings. The molecule has 1 saturated carbocycles. The highest BCUT2D eigenvalue weighted by molar-refractivity contribution is 5.98. The Labute approximate surface area is 163 Å². The fourth-order valence-electron chi connectivity index (χ4n) is 4.17. The zero-order valence-electron chi connectivity index (χ0n) is 15.5. The number of hydrogen-bond acceptors (Lipinski definition) is 4. The largest absolute Gasteiger partial charge is 0.457 e. The highest BCUT2D eigenvalue weighted by Crippen LogP contribution is 2.51. The number of carbonyl (C=O) groups is 1. The van der Waals surface area contributed by atoms with Crippen LogP contribution in [0.2, 0.25) is 0 Å². The Morgan fingerprint density at radius 3 is 2.36 bits per heavy atom. The van der Waals surface area contributed by atoms with Crippen molar-refractivity contribution >= 4 is 5.91 Å². The maximum atomic E-state index is 12.0. The maximum absolute atomic E-state index is 12.0. The first-order chi connectivity index (χ1) is 13.6. The van der Waals surface area contributed by atoms with E-state index in [0.717, 1.165) is 43.0 Å². The number of carbonyl (C=O) groups excluding carboxylic acids is 1.